The smallest absolute Gasteiger partial charge is 0.0996 e. The van der Waals surface area contributed by atoms with Crippen LogP contribution in [0.15, 0.2) is 17.8 Å². The van der Waals surface area contributed by atoms with Crippen LogP contribution < -0.4 is 0 Å². The largest absolute Gasteiger partial charge is 0.335 e. The number of aliphatic imine (C=N–C) groups is 1. The average Bonchev–Trinajstić information content (AvgIpc) is 2.21. The second-order valence-corrected chi connectivity index (χ2v) is 2.62. The third kappa shape index (κ3) is 5.45. The van der Waals surface area contributed by atoms with E-state index in [1.807, 2.05) is 27.0 Å². The van der Waals surface area contributed by atoms with Crippen LogP contribution in [-0.4, -0.2) is 23.8 Å². The normalized spacial score (nSPS) is 12.6. The van der Waals surface area contributed by atoms with Gasteiger partial charge in [-0.3, -0.25) is 4.99 Å². The second-order valence-electron chi connectivity index (χ2n) is 2.62. The highest BCUT2D eigenvalue weighted by Gasteiger charge is 2.08. The molecule has 0 bridgehead atoms. The molecule has 1 atom stereocenters. The number of nitrogens with zero attached hydrogens (tertiary/aromatic N) is 2. The summed E-state index contributed by atoms with van der Waals surface area (Å²) in [4.78, 5) is 6.18. The molecule has 0 saturated heterocycles. The van der Waals surface area contributed by atoms with Crippen molar-refractivity contribution < 1.29 is 0 Å². The highest BCUT2D eigenvalue weighted by atomic mass is 15.2. The first kappa shape index (κ1) is 14.7. The maximum absolute atomic E-state index is 4.10. The van der Waals surface area contributed by atoms with E-state index >= 15 is 0 Å². The molecule has 0 N–H and O–H groups in total. The third-order valence-electron chi connectivity index (χ3n) is 1.96. The van der Waals surface area contributed by atoms with Crippen LogP contribution in [0.25, 0.3) is 0 Å². The number of hydrogen-bond acceptors (Lipinski definition) is 1. The predicted octanol–water partition coefficient (Wildman–Crippen LogP) is 3.30. The van der Waals surface area contributed by atoms with Crippen molar-refractivity contribution in [3.8, 4) is 0 Å². The fraction of sp³-hybridized carbons (Fsp3) is 0.727. The molecule has 0 spiro atoms. The zero-order chi connectivity index (χ0) is 10.9. The first-order valence-corrected chi connectivity index (χ1v) is 5.01. The standard InChI is InChI=1S/C9H18N2.C2H6/c1-6-8(3)11(7-2)9(4)10-5;1-2/h7-8H,2,6H2,1,3-5H3;1-2H3. The van der Waals surface area contributed by atoms with Crippen LogP contribution in [0, 0.1) is 0 Å². The minimum absolute atomic E-state index is 0.496. The number of amidine groups is 1. The Morgan fingerprint density at radius 3 is 2.23 bits per heavy atom. The molecule has 0 aromatic heterocycles. The molecule has 1 unspecified atom stereocenters. The molecule has 0 fully saturated rings. The highest BCUT2D eigenvalue weighted by Crippen LogP contribution is 2.04. The lowest BCUT2D eigenvalue weighted by Crippen LogP contribution is -2.31. The van der Waals surface area contributed by atoms with Crippen molar-refractivity contribution in [2.24, 2.45) is 4.99 Å². The molecule has 78 valence electrons. The molecule has 0 radical (unpaired) electrons. The van der Waals surface area contributed by atoms with E-state index < -0.39 is 0 Å². The van der Waals surface area contributed by atoms with E-state index in [0.29, 0.717) is 6.04 Å². The van der Waals surface area contributed by atoms with Crippen molar-refractivity contribution in [2.45, 2.75) is 47.1 Å². The minimum atomic E-state index is 0.496. The van der Waals surface area contributed by atoms with Crippen LogP contribution in [0.1, 0.15) is 41.0 Å². The number of rotatable bonds is 3. The van der Waals surface area contributed by atoms with Crippen LogP contribution in [0.4, 0.5) is 0 Å². The van der Waals surface area contributed by atoms with Crippen molar-refractivity contribution in [1.82, 2.24) is 4.90 Å². The summed E-state index contributed by atoms with van der Waals surface area (Å²) < 4.78 is 0. The molecule has 13 heavy (non-hydrogen) atoms. The lowest BCUT2D eigenvalue weighted by atomic mass is 10.2. The van der Waals surface area contributed by atoms with E-state index in [1.54, 1.807) is 7.05 Å². The SMILES string of the molecule is C=CN(C(C)=NC)C(C)CC.CC. The Hall–Kier alpha value is -0.790. The molecular formula is C11H24N2. The maximum atomic E-state index is 4.10. The van der Waals surface area contributed by atoms with E-state index in [2.05, 4.69) is 30.3 Å². The Bertz CT molecular complexity index is 150. The summed E-state index contributed by atoms with van der Waals surface area (Å²) in [5.41, 5.74) is 0. The van der Waals surface area contributed by atoms with Crippen molar-refractivity contribution in [2.75, 3.05) is 7.05 Å². The second kappa shape index (κ2) is 9.30. The van der Waals surface area contributed by atoms with Crippen molar-refractivity contribution in [3.63, 3.8) is 0 Å². The molecule has 0 aromatic rings. The molecule has 2 heteroatoms. The van der Waals surface area contributed by atoms with E-state index in [9.17, 15) is 0 Å². The van der Waals surface area contributed by atoms with Gasteiger partial charge in [0.1, 0.15) is 0 Å². The van der Waals surface area contributed by atoms with Gasteiger partial charge in [0.2, 0.25) is 0 Å². The van der Waals surface area contributed by atoms with E-state index in [1.165, 1.54) is 0 Å². The van der Waals surface area contributed by atoms with Gasteiger partial charge in [0, 0.05) is 13.1 Å². The summed E-state index contributed by atoms with van der Waals surface area (Å²) in [5.74, 6) is 1.02. The van der Waals surface area contributed by atoms with Gasteiger partial charge >= 0.3 is 0 Å². The van der Waals surface area contributed by atoms with Gasteiger partial charge in [0.25, 0.3) is 0 Å². The van der Waals surface area contributed by atoms with Gasteiger partial charge in [-0.2, -0.15) is 0 Å². The van der Waals surface area contributed by atoms with Gasteiger partial charge in [0.05, 0.1) is 5.84 Å². The predicted molar refractivity (Wildman–Crippen MR) is 62.2 cm³/mol. The van der Waals surface area contributed by atoms with E-state index in [0.717, 1.165) is 12.3 Å². The van der Waals surface area contributed by atoms with Crippen molar-refractivity contribution in [1.29, 1.82) is 0 Å². The Labute approximate surface area is 83.4 Å². The van der Waals surface area contributed by atoms with E-state index in [-0.39, 0.29) is 0 Å². The summed E-state index contributed by atoms with van der Waals surface area (Å²) >= 11 is 0. The molecule has 0 aliphatic rings. The van der Waals surface area contributed by atoms with Gasteiger partial charge in [-0.25, -0.2) is 0 Å². The third-order valence-corrected chi connectivity index (χ3v) is 1.96. The fourth-order valence-electron chi connectivity index (χ4n) is 0.943. The molecule has 2 nitrogen and oxygen atoms in total. The van der Waals surface area contributed by atoms with Gasteiger partial charge in [-0.05, 0) is 26.5 Å². The molecule has 0 heterocycles. The quantitative estimate of drug-likeness (QED) is 0.485. The molecular weight excluding hydrogens is 160 g/mol. The summed E-state index contributed by atoms with van der Waals surface area (Å²) in [6, 6.07) is 0.496. The first-order valence-electron chi connectivity index (χ1n) is 5.01. The highest BCUT2D eigenvalue weighted by molar-refractivity contribution is 5.80. The first-order chi connectivity index (χ1) is 6.17. The van der Waals surface area contributed by atoms with Crippen LogP contribution in [0.2, 0.25) is 0 Å². The molecule has 0 amide bonds. The van der Waals surface area contributed by atoms with Crippen LogP contribution in [0.3, 0.4) is 0 Å². The summed E-state index contributed by atoms with van der Waals surface area (Å²) in [7, 11) is 1.80. The lowest BCUT2D eigenvalue weighted by molar-refractivity contribution is 0.415. The Balaban J connectivity index is 0. The van der Waals surface area contributed by atoms with Crippen molar-refractivity contribution in [3.05, 3.63) is 12.8 Å². The fourth-order valence-corrected chi connectivity index (χ4v) is 0.943. The van der Waals surface area contributed by atoms with Crippen molar-refractivity contribution >= 4 is 5.84 Å². The molecule has 0 aromatic carbocycles. The molecule has 0 aliphatic carbocycles. The van der Waals surface area contributed by atoms with E-state index in [4.69, 9.17) is 0 Å². The number of hydrogen-bond donors (Lipinski definition) is 0. The van der Waals surface area contributed by atoms with Crippen LogP contribution in [-0.2, 0) is 0 Å². The summed E-state index contributed by atoms with van der Waals surface area (Å²) in [5, 5.41) is 0. The van der Waals surface area contributed by atoms with Gasteiger partial charge in [-0.15, -0.1) is 0 Å². The lowest BCUT2D eigenvalue weighted by Gasteiger charge is -2.25. The van der Waals surface area contributed by atoms with Gasteiger partial charge in [-0.1, -0.05) is 27.4 Å². The Kier molecular flexibility index (Phi) is 10.5. The molecule has 0 saturated carbocycles. The summed E-state index contributed by atoms with van der Waals surface area (Å²) in [6.07, 6.45) is 2.94. The maximum Gasteiger partial charge on any atom is 0.0996 e. The topological polar surface area (TPSA) is 15.6 Å². The van der Waals surface area contributed by atoms with Crippen LogP contribution >= 0.6 is 0 Å². The minimum Gasteiger partial charge on any atom is -0.335 e. The van der Waals surface area contributed by atoms with Gasteiger partial charge < -0.3 is 4.90 Å². The zero-order valence-corrected chi connectivity index (χ0v) is 9.96. The monoisotopic (exact) mass is 184 g/mol. The zero-order valence-electron chi connectivity index (χ0n) is 9.96. The molecule has 0 rings (SSSR count). The summed E-state index contributed by atoms with van der Waals surface area (Å²) in [6.45, 7) is 14.1. The Morgan fingerprint density at radius 1 is 1.54 bits per heavy atom. The Morgan fingerprint density at radius 2 is 2.00 bits per heavy atom. The molecule has 0 aliphatic heterocycles. The average molecular weight is 184 g/mol. The van der Waals surface area contributed by atoms with Gasteiger partial charge in [0.15, 0.2) is 0 Å². The van der Waals surface area contributed by atoms with Crippen LogP contribution in [0.5, 0.6) is 0 Å².